The number of furan rings is 1. The second kappa shape index (κ2) is 26.1. The molecular formula is C106H90BN3O. The van der Waals surface area contributed by atoms with Gasteiger partial charge in [-0.25, -0.2) is 0 Å². The lowest BCUT2D eigenvalue weighted by Crippen LogP contribution is -2.61. The Morgan fingerprint density at radius 1 is 0.243 bits per heavy atom. The fourth-order valence-electron chi connectivity index (χ4n) is 17.7. The van der Waals surface area contributed by atoms with Crippen molar-refractivity contribution in [2.24, 2.45) is 0 Å². The SMILES string of the molecule is CC(C)(C)c1ccc(-c2ccc3c(c2)N(c2ccc(-c4ccccc4)cc2-c2ccccc2)c2cc(-c4cc(C(C)(C)C)cc(C(C)(C)C)c4)cc4c2B3c2cc(-c3c(-c5cccc6c5oc5ccccc56)cccc3-n3c5ccccc5c5ccccc53)ccc2N4c2ccc(C(C)(C)C)cc2-c2ccccc2)cc1. The molecule has 4 heterocycles. The fourth-order valence-corrected chi connectivity index (χ4v) is 17.7. The number of benzene rings is 15. The van der Waals surface area contributed by atoms with Crippen molar-refractivity contribution in [3.8, 4) is 83.6 Å². The summed E-state index contributed by atoms with van der Waals surface area (Å²) in [7, 11) is 0. The van der Waals surface area contributed by atoms with Crippen molar-refractivity contribution in [2.45, 2.75) is 105 Å². The van der Waals surface area contributed by atoms with E-state index in [9.17, 15) is 0 Å². The van der Waals surface area contributed by atoms with Crippen molar-refractivity contribution in [1.29, 1.82) is 0 Å². The summed E-state index contributed by atoms with van der Waals surface area (Å²) in [6.07, 6.45) is 0. The van der Waals surface area contributed by atoms with E-state index in [0.29, 0.717) is 0 Å². The molecule has 5 heteroatoms. The zero-order valence-corrected chi connectivity index (χ0v) is 65.5. The van der Waals surface area contributed by atoms with Crippen LogP contribution in [0.3, 0.4) is 0 Å². The van der Waals surface area contributed by atoms with Crippen LogP contribution in [0.25, 0.3) is 127 Å². The van der Waals surface area contributed by atoms with Gasteiger partial charge in [-0.3, -0.25) is 0 Å². The van der Waals surface area contributed by atoms with E-state index in [2.05, 4.69) is 425 Å². The number of rotatable bonds is 10. The summed E-state index contributed by atoms with van der Waals surface area (Å²) in [5.41, 5.74) is 36.0. The first kappa shape index (κ1) is 69.1. The van der Waals surface area contributed by atoms with Crippen molar-refractivity contribution < 1.29 is 4.42 Å². The van der Waals surface area contributed by atoms with E-state index >= 15 is 0 Å². The predicted octanol–water partition coefficient (Wildman–Crippen LogP) is 27.6. The third-order valence-corrected chi connectivity index (χ3v) is 23.6. The van der Waals surface area contributed by atoms with Crippen molar-refractivity contribution in [1.82, 2.24) is 4.57 Å². The number of hydrogen-bond donors (Lipinski definition) is 0. The minimum absolute atomic E-state index is 0.0206. The lowest BCUT2D eigenvalue weighted by Gasteiger charge is -2.45. The second-order valence-corrected chi connectivity index (χ2v) is 34.9. The van der Waals surface area contributed by atoms with Crippen molar-refractivity contribution in [3.05, 3.63) is 350 Å². The molecule has 2 aliphatic rings. The molecule has 0 spiro atoms. The van der Waals surface area contributed by atoms with Gasteiger partial charge >= 0.3 is 0 Å². The summed E-state index contributed by atoms with van der Waals surface area (Å²) >= 11 is 0. The monoisotopic (exact) mass is 1430 g/mol. The van der Waals surface area contributed by atoms with Gasteiger partial charge in [-0.1, -0.05) is 338 Å². The maximum atomic E-state index is 7.11. The molecule has 19 rings (SSSR count). The van der Waals surface area contributed by atoms with Crippen LogP contribution in [-0.2, 0) is 21.7 Å². The second-order valence-electron chi connectivity index (χ2n) is 34.9. The number of fused-ring (bicyclic) bond motifs is 10. The highest BCUT2D eigenvalue weighted by Crippen LogP contribution is 2.54. The zero-order valence-electron chi connectivity index (χ0n) is 65.5. The Balaban J connectivity index is 0.978. The Morgan fingerprint density at radius 2 is 0.694 bits per heavy atom. The van der Waals surface area contributed by atoms with Gasteiger partial charge in [0.25, 0.3) is 6.71 Å². The number of nitrogens with zero attached hydrogens (tertiary/aromatic N) is 3. The minimum Gasteiger partial charge on any atom is -0.455 e. The summed E-state index contributed by atoms with van der Waals surface area (Å²) in [4.78, 5) is 5.35. The molecule has 17 aromatic rings. The van der Waals surface area contributed by atoms with Gasteiger partial charge in [0.05, 0.1) is 28.1 Å². The Kier molecular flexibility index (Phi) is 16.3. The highest BCUT2D eigenvalue weighted by molar-refractivity contribution is 7.00. The molecule has 0 atom stereocenters. The molecule has 0 unspecified atom stereocenters. The maximum absolute atomic E-state index is 7.11. The highest BCUT2D eigenvalue weighted by Gasteiger charge is 2.46. The molecule has 0 fully saturated rings. The third-order valence-electron chi connectivity index (χ3n) is 23.6. The lowest BCUT2D eigenvalue weighted by atomic mass is 9.33. The van der Waals surface area contributed by atoms with Gasteiger partial charge in [0, 0.05) is 66.5 Å². The van der Waals surface area contributed by atoms with Crippen molar-refractivity contribution in [2.75, 3.05) is 9.80 Å². The molecule has 2 aliphatic heterocycles. The first-order valence-corrected chi connectivity index (χ1v) is 39.4. The van der Waals surface area contributed by atoms with Crippen LogP contribution in [0.4, 0.5) is 34.1 Å². The van der Waals surface area contributed by atoms with E-state index in [0.717, 1.165) is 134 Å². The summed E-state index contributed by atoms with van der Waals surface area (Å²) in [5.74, 6) is 0. The first-order chi connectivity index (χ1) is 53.6. The topological polar surface area (TPSA) is 24.6 Å². The average Bonchev–Trinajstić information content (AvgIpc) is 1.01. The molecule has 0 aliphatic carbocycles. The molecule has 2 aromatic heterocycles. The smallest absolute Gasteiger partial charge is 0.252 e. The van der Waals surface area contributed by atoms with Gasteiger partial charge in [0.2, 0.25) is 0 Å². The van der Waals surface area contributed by atoms with Crippen LogP contribution in [0, 0.1) is 0 Å². The lowest BCUT2D eigenvalue weighted by molar-refractivity contribution is 0.569. The van der Waals surface area contributed by atoms with Gasteiger partial charge in [-0.2, -0.15) is 0 Å². The molecule has 538 valence electrons. The Hall–Kier alpha value is -12.4. The van der Waals surface area contributed by atoms with Crippen molar-refractivity contribution in [3.63, 3.8) is 0 Å². The Morgan fingerprint density at radius 3 is 1.32 bits per heavy atom. The third kappa shape index (κ3) is 11.8. The number of aromatic nitrogens is 1. The van der Waals surface area contributed by atoms with Gasteiger partial charge in [-0.15, -0.1) is 0 Å². The molecule has 0 radical (unpaired) electrons. The van der Waals surface area contributed by atoms with E-state index in [1.54, 1.807) is 0 Å². The zero-order chi connectivity index (χ0) is 76.0. The van der Waals surface area contributed by atoms with Crippen LogP contribution in [0.2, 0.25) is 0 Å². The van der Waals surface area contributed by atoms with Crippen LogP contribution >= 0.6 is 0 Å². The van der Waals surface area contributed by atoms with Crippen LogP contribution < -0.4 is 26.2 Å². The van der Waals surface area contributed by atoms with E-state index in [1.807, 2.05) is 0 Å². The average molecular weight is 1430 g/mol. The van der Waals surface area contributed by atoms with E-state index in [4.69, 9.17) is 4.42 Å². The normalized spacial score (nSPS) is 13.0. The number of anilines is 6. The quantitative estimate of drug-likeness (QED) is 0.128. The first-order valence-electron chi connectivity index (χ1n) is 39.4. The van der Waals surface area contributed by atoms with Gasteiger partial charge in [0.15, 0.2) is 0 Å². The highest BCUT2D eigenvalue weighted by atomic mass is 16.3. The van der Waals surface area contributed by atoms with E-state index < -0.39 is 0 Å². The molecular weight excluding hydrogens is 1340 g/mol. The van der Waals surface area contributed by atoms with Gasteiger partial charge < -0.3 is 18.8 Å². The summed E-state index contributed by atoms with van der Waals surface area (Å²) < 4.78 is 9.62. The van der Waals surface area contributed by atoms with Gasteiger partial charge in [-0.05, 0) is 189 Å². The van der Waals surface area contributed by atoms with Gasteiger partial charge in [0.1, 0.15) is 11.2 Å². The Bertz CT molecular complexity index is 6460. The number of para-hydroxylation sites is 4. The van der Waals surface area contributed by atoms with Crippen LogP contribution in [0.5, 0.6) is 0 Å². The molecule has 111 heavy (non-hydrogen) atoms. The fraction of sp³-hybridized carbons (Fsp3) is 0.151. The largest absolute Gasteiger partial charge is 0.455 e. The Labute approximate surface area is 653 Å². The van der Waals surface area contributed by atoms with Crippen LogP contribution in [-0.4, -0.2) is 11.3 Å². The summed E-state index contributed by atoms with van der Waals surface area (Å²) in [5, 5.41) is 4.60. The molecule has 0 N–H and O–H groups in total. The molecule has 0 saturated carbocycles. The van der Waals surface area contributed by atoms with E-state index in [-0.39, 0.29) is 28.4 Å². The summed E-state index contributed by atoms with van der Waals surface area (Å²) in [6.45, 7) is 27.8. The molecule has 0 bridgehead atoms. The maximum Gasteiger partial charge on any atom is 0.252 e. The molecule has 15 aromatic carbocycles. The molecule has 4 nitrogen and oxygen atoms in total. The van der Waals surface area contributed by atoms with Crippen molar-refractivity contribution >= 4 is 101 Å². The summed E-state index contributed by atoms with van der Waals surface area (Å²) in [6, 6.07) is 124. The molecule has 0 amide bonds. The predicted molar refractivity (Wildman–Crippen MR) is 475 cm³/mol. The number of hydrogen-bond acceptors (Lipinski definition) is 3. The minimum atomic E-state index is -0.301. The van der Waals surface area contributed by atoms with E-state index in [1.165, 1.54) is 66.1 Å². The van der Waals surface area contributed by atoms with Crippen LogP contribution in [0.15, 0.2) is 332 Å². The van der Waals surface area contributed by atoms with Crippen LogP contribution in [0.1, 0.15) is 105 Å². The molecule has 0 saturated heterocycles. The standard InChI is InChI=1S/C106H90BN3O/c1-103(2,3)76-51-46-68(47-52-76)72-48-54-88-96(62-72)110(92-55-49-71(67-30-16-13-17-31-67)60-86(92)69-32-18-14-19-33-69)98-64-75(74-58-78(105(7,8)9)65-79(59-74)106(10,11)12)63-97-101(98)107(88)89-61-73(50-56-94(89)109(97)93-57-53-77(104(4,5)6)66-87(93)70-34-20-15-21-35-70)100-83(85-41-28-40-84-82-38-24-27-45-99(82)111-102(84)85)39-29-44-95(100)108-90-42-25-22-36-80(90)81-37-23-26-43-91(81)108/h13-66H,1-12H3.